The summed E-state index contributed by atoms with van der Waals surface area (Å²) >= 11 is 0. The molecule has 3 fully saturated rings. The first-order valence-electron chi connectivity index (χ1n) is 9.41. The van der Waals surface area contributed by atoms with E-state index in [-0.39, 0.29) is 0 Å². The molecule has 0 heteroatoms. The number of unbranched alkanes of at least 4 members (excludes halogenated alkanes) is 1. The predicted molar refractivity (Wildman–Crippen MR) is 87.7 cm³/mol. The molecule has 4 unspecified atom stereocenters. The summed E-state index contributed by atoms with van der Waals surface area (Å²) < 4.78 is 0. The van der Waals surface area contributed by atoms with Crippen molar-refractivity contribution in [3.63, 3.8) is 0 Å². The molecule has 3 aliphatic carbocycles. The maximum Gasteiger partial charge on any atom is -0.0233 e. The zero-order valence-electron chi connectivity index (χ0n) is 13.6. The predicted octanol–water partition coefficient (Wildman–Crippen LogP) is 6.37. The second-order valence-electron chi connectivity index (χ2n) is 8.09. The van der Waals surface area contributed by atoms with Crippen molar-refractivity contribution in [1.29, 1.82) is 0 Å². The molecule has 0 amide bonds. The van der Waals surface area contributed by atoms with Crippen LogP contribution in [0.2, 0.25) is 0 Å². The third kappa shape index (κ3) is 2.60. The van der Waals surface area contributed by atoms with Crippen LogP contribution in [0.3, 0.4) is 0 Å². The lowest BCUT2D eigenvalue weighted by Crippen LogP contribution is -2.34. The van der Waals surface area contributed by atoms with Crippen LogP contribution in [0.25, 0.3) is 0 Å². The molecule has 20 heavy (non-hydrogen) atoms. The molecule has 0 aliphatic heterocycles. The monoisotopic (exact) mass is 274 g/mol. The number of allylic oxidation sites excluding steroid dienone is 1. The van der Waals surface area contributed by atoms with Crippen molar-refractivity contribution in [3.8, 4) is 0 Å². The molecule has 3 rings (SSSR count). The molecule has 3 aliphatic rings. The highest BCUT2D eigenvalue weighted by atomic mass is 14.5. The molecule has 114 valence electrons. The first-order valence-corrected chi connectivity index (χ1v) is 9.41. The standard InChI is InChI=1S/C20H34/c1-3-5-12-20(13-6-7-14-20)19-11-9-17-15-16(4-2)8-10-18(17)19/h4,16-19H,2-3,5-15H2,1H3. The molecule has 0 saturated heterocycles. The van der Waals surface area contributed by atoms with Crippen LogP contribution in [0.1, 0.15) is 84.0 Å². The zero-order chi connectivity index (χ0) is 14.0. The van der Waals surface area contributed by atoms with Crippen LogP contribution in [-0.2, 0) is 0 Å². The molecule has 0 spiro atoms. The minimum absolute atomic E-state index is 0.774. The van der Waals surface area contributed by atoms with Gasteiger partial charge in [0, 0.05) is 0 Å². The van der Waals surface area contributed by atoms with Crippen molar-refractivity contribution in [3.05, 3.63) is 12.7 Å². The fourth-order valence-electron chi connectivity index (χ4n) is 6.18. The SMILES string of the molecule is C=CC1CCC2C(CCC2C2(CCCC)CCCC2)C1. The molecular weight excluding hydrogens is 240 g/mol. The Morgan fingerprint density at radius 1 is 1.10 bits per heavy atom. The molecule has 0 nitrogen and oxygen atoms in total. The molecule has 3 saturated carbocycles. The van der Waals surface area contributed by atoms with Gasteiger partial charge in [-0.25, -0.2) is 0 Å². The lowest BCUT2D eigenvalue weighted by atomic mass is 9.62. The first-order chi connectivity index (χ1) is 9.79. The highest BCUT2D eigenvalue weighted by molar-refractivity contribution is 5.01. The third-order valence-electron chi connectivity index (χ3n) is 7.19. The van der Waals surface area contributed by atoms with Crippen LogP contribution in [0.15, 0.2) is 12.7 Å². The fourth-order valence-corrected chi connectivity index (χ4v) is 6.18. The molecule has 4 atom stereocenters. The topological polar surface area (TPSA) is 0 Å². The van der Waals surface area contributed by atoms with Gasteiger partial charge in [-0.05, 0) is 80.5 Å². The highest BCUT2D eigenvalue weighted by Gasteiger charge is 2.50. The number of rotatable bonds is 5. The van der Waals surface area contributed by atoms with Gasteiger partial charge >= 0.3 is 0 Å². The van der Waals surface area contributed by atoms with Gasteiger partial charge < -0.3 is 0 Å². The van der Waals surface area contributed by atoms with Crippen molar-refractivity contribution in [2.75, 3.05) is 0 Å². The average Bonchev–Trinajstić information content (AvgIpc) is 3.11. The lowest BCUT2D eigenvalue weighted by molar-refractivity contribution is 0.0729. The average molecular weight is 274 g/mol. The maximum absolute atomic E-state index is 4.05. The van der Waals surface area contributed by atoms with Crippen LogP contribution in [0, 0.1) is 29.1 Å². The first kappa shape index (κ1) is 14.7. The van der Waals surface area contributed by atoms with E-state index in [1.165, 1.54) is 51.4 Å². The Morgan fingerprint density at radius 3 is 2.60 bits per heavy atom. The summed E-state index contributed by atoms with van der Waals surface area (Å²) in [6.07, 6.45) is 20.3. The smallest absolute Gasteiger partial charge is 0.0233 e. The van der Waals surface area contributed by atoms with Crippen LogP contribution in [-0.4, -0.2) is 0 Å². The van der Waals surface area contributed by atoms with Crippen molar-refractivity contribution >= 4 is 0 Å². The fraction of sp³-hybridized carbons (Fsp3) is 0.900. The number of hydrogen-bond acceptors (Lipinski definition) is 0. The van der Waals surface area contributed by atoms with Crippen molar-refractivity contribution in [1.82, 2.24) is 0 Å². The van der Waals surface area contributed by atoms with Crippen LogP contribution in [0.5, 0.6) is 0 Å². The van der Waals surface area contributed by atoms with E-state index in [1.807, 2.05) is 0 Å². The molecule has 0 aromatic carbocycles. The number of hydrogen-bond donors (Lipinski definition) is 0. The van der Waals surface area contributed by atoms with Gasteiger partial charge in [-0.1, -0.05) is 38.7 Å². The summed E-state index contributed by atoms with van der Waals surface area (Å²) in [6, 6.07) is 0. The van der Waals surface area contributed by atoms with Gasteiger partial charge in [0.15, 0.2) is 0 Å². The molecule has 0 aromatic heterocycles. The third-order valence-corrected chi connectivity index (χ3v) is 7.19. The second-order valence-corrected chi connectivity index (χ2v) is 8.09. The Morgan fingerprint density at radius 2 is 1.90 bits per heavy atom. The van der Waals surface area contributed by atoms with Gasteiger partial charge in [-0.3, -0.25) is 0 Å². The minimum atomic E-state index is 0.774. The van der Waals surface area contributed by atoms with Crippen molar-refractivity contribution in [2.24, 2.45) is 29.1 Å². The van der Waals surface area contributed by atoms with E-state index in [4.69, 9.17) is 0 Å². The van der Waals surface area contributed by atoms with Crippen molar-refractivity contribution in [2.45, 2.75) is 84.0 Å². The van der Waals surface area contributed by atoms with E-state index < -0.39 is 0 Å². The maximum atomic E-state index is 4.05. The van der Waals surface area contributed by atoms with Gasteiger partial charge in [0.05, 0.1) is 0 Å². The second kappa shape index (κ2) is 6.24. The summed E-state index contributed by atoms with van der Waals surface area (Å²) in [7, 11) is 0. The van der Waals surface area contributed by atoms with Crippen LogP contribution < -0.4 is 0 Å². The molecule has 0 aromatic rings. The summed E-state index contributed by atoms with van der Waals surface area (Å²) in [6.45, 7) is 6.42. The highest BCUT2D eigenvalue weighted by Crippen LogP contribution is 2.60. The van der Waals surface area contributed by atoms with E-state index in [2.05, 4.69) is 19.6 Å². The van der Waals surface area contributed by atoms with E-state index in [1.54, 1.807) is 25.7 Å². The Bertz CT molecular complexity index is 323. The molecule has 0 bridgehead atoms. The summed E-state index contributed by atoms with van der Waals surface area (Å²) in [5.74, 6) is 4.06. The van der Waals surface area contributed by atoms with Gasteiger partial charge in [-0.2, -0.15) is 0 Å². The molecule has 0 N–H and O–H groups in total. The van der Waals surface area contributed by atoms with Gasteiger partial charge in [0.1, 0.15) is 0 Å². The quantitative estimate of drug-likeness (QED) is 0.511. The van der Waals surface area contributed by atoms with Gasteiger partial charge in [0.2, 0.25) is 0 Å². The normalized spacial score (nSPS) is 39.6. The van der Waals surface area contributed by atoms with E-state index in [9.17, 15) is 0 Å². The Balaban J connectivity index is 1.71. The number of fused-ring (bicyclic) bond motifs is 1. The minimum Gasteiger partial charge on any atom is -0.103 e. The summed E-state index contributed by atoms with van der Waals surface area (Å²) in [5, 5.41) is 0. The Hall–Kier alpha value is -0.260. The van der Waals surface area contributed by atoms with Crippen LogP contribution >= 0.6 is 0 Å². The van der Waals surface area contributed by atoms with E-state index in [0.717, 1.165) is 29.1 Å². The molecule has 0 heterocycles. The van der Waals surface area contributed by atoms with E-state index in [0.29, 0.717) is 0 Å². The lowest BCUT2D eigenvalue weighted by Gasteiger charge is -2.43. The van der Waals surface area contributed by atoms with Gasteiger partial charge in [0.25, 0.3) is 0 Å². The molecule has 0 radical (unpaired) electrons. The molecular formula is C20H34. The van der Waals surface area contributed by atoms with Crippen LogP contribution in [0.4, 0.5) is 0 Å². The Labute approximate surface area is 126 Å². The Kier molecular flexibility index (Phi) is 4.58. The largest absolute Gasteiger partial charge is 0.103 e. The van der Waals surface area contributed by atoms with Gasteiger partial charge in [-0.15, -0.1) is 6.58 Å². The zero-order valence-corrected chi connectivity index (χ0v) is 13.6. The van der Waals surface area contributed by atoms with E-state index >= 15 is 0 Å². The van der Waals surface area contributed by atoms with Crippen molar-refractivity contribution < 1.29 is 0 Å². The summed E-state index contributed by atoms with van der Waals surface area (Å²) in [4.78, 5) is 0. The summed E-state index contributed by atoms with van der Waals surface area (Å²) in [5.41, 5.74) is 0.774.